The molecule has 1 fully saturated rings. The van der Waals surface area contributed by atoms with Gasteiger partial charge in [0.05, 0.1) is 18.7 Å². The molecule has 1 atom stereocenters. The Bertz CT molecular complexity index is 448. The molecule has 3 N–H and O–H groups in total. The van der Waals surface area contributed by atoms with Gasteiger partial charge in [-0.15, -0.1) is 0 Å². The molecule has 0 spiro atoms. The minimum absolute atomic E-state index is 0.0385. The van der Waals surface area contributed by atoms with Crippen LogP contribution in [0.4, 0.5) is 4.79 Å². The van der Waals surface area contributed by atoms with Crippen molar-refractivity contribution in [1.82, 2.24) is 20.8 Å². The van der Waals surface area contributed by atoms with Crippen LogP contribution in [0.3, 0.4) is 0 Å². The topological polar surface area (TPSA) is 104 Å². The van der Waals surface area contributed by atoms with Crippen LogP contribution in [0.5, 0.6) is 0 Å². The zero-order valence-electron chi connectivity index (χ0n) is 10.4. The number of nitrogens with zero attached hydrogens (tertiary/aromatic N) is 2. The Balaban J connectivity index is 1.77. The number of aliphatic carboxylic acids is 1. The molecule has 102 valence electrons. The van der Waals surface area contributed by atoms with E-state index in [1.54, 1.807) is 18.3 Å². The summed E-state index contributed by atoms with van der Waals surface area (Å²) in [5, 5.41) is 21.7. The fourth-order valence-electron chi connectivity index (χ4n) is 1.84. The minimum Gasteiger partial charge on any atom is -0.481 e. The Hall–Kier alpha value is -2.18. The zero-order chi connectivity index (χ0) is 13.7. The van der Waals surface area contributed by atoms with Gasteiger partial charge in [-0.05, 0) is 30.9 Å². The first-order chi connectivity index (χ1) is 9.15. The third-order valence-corrected chi connectivity index (χ3v) is 2.96. The number of rotatable bonds is 6. The highest BCUT2D eigenvalue weighted by atomic mass is 16.4. The maximum Gasteiger partial charge on any atom is 0.315 e. The summed E-state index contributed by atoms with van der Waals surface area (Å²) in [6.07, 6.45) is 3.47. The predicted molar refractivity (Wildman–Crippen MR) is 66.2 cm³/mol. The van der Waals surface area contributed by atoms with Crippen molar-refractivity contribution in [3.63, 3.8) is 0 Å². The lowest BCUT2D eigenvalue weighted by atomic mass is 10.1. The van der Waals surface area contributed by atoms with E-state index in [1.165, 1.54) is 0 Å². The van der Waals surface area contributed by atoms with Crippen molar-refractivity contribution in [3.05, 3.63) is 24.0 Å². The third kappa shape index (κ3) is 4.53. The Kier molecular flexibility index (Phi) is 4.27. The van der Waals surface area contributed by atoms with E-state index >= 15 is 0 Å². The molecule has 1 aliphatic rings. The molecule has 0 saturated heterocycles. The van der Waals surface area contributed by atoms with Crippen molar-refractivity contribution < 1.29 is 14.7 Å². The van der Waals surface area contributed by atoms with Crippen molar-refractivity contribution in [1.29, 1.82) is 0 Å². The van der Waals surface area contributed by atoms with Crippen molar-refractivity contribution in [2.45, 2.75) is 31.8 Å². The molecule has 0 aliphatic heterocycles. The second-order valence-electron chi connectivity index (χ2n) is 4.58. The van der Waals surface area contributed by atoms with Crippen LogP contribution in [-0.2, 0) is 11.3 Å². The van der Waals surface area contributed by atoms with Gasteiger partial charge in [0.25, 0.3) is 0 Å². The van der Waals surface area contributed by atoms with Crippen molar-refractivity contribution in [2.24, 2.45) is 5.92 Å². The van der Waals surface area contributed by atoms with Crippen molar-refractivity contribution in [3.8, 4) is 0 Å². The molecular formula is C12H16N4O3. The molecule has 19 heavy (non-hydrogen) atoms. The van der Waals surface area contributed by atoms with Crippen LogP contribution in [0.25, 0.3) is 0 Å². The molecule has 1 aliphatic carbocycles. The van der Waals surface area contributed by atoms with E-state index in [0.29, 0.717) is 11.6 Å². The van der Waals surface area contributed by atoms with Gasteiger partial charge in [0.2, 0.25) is 0 Å². The average molecular weight is 264 g/mol. The molecule has 7 nitrogen and oxygen atoms in total. The number of urea groups is 1. The molecule has 1 unspecified atom stereocenters. The number of carbonyl (C=O) groups excluding carboxylic acids is 1. The summed E-state index contributed by atoms with van der Waals surface area (Å²) in [7, 11) is 0. The van der Waals surface area contributed by atoms with Crippen LogP contribution in [0, 0.1) is 5.92 Å². The second kappa shape index (κ2) is 6.12. The van der Waals surface area contributed by atoms with Crippen molar-refractivity contribution in [2.75, 3.05) is 0 Å². The van der Waals surface area contributed by atoms with Crippen LogP contribution in [0.1, 0.15) is 25.0 Å². The Labute approximate surface area is 110 Å². The average Bonchev–Trinajstić information content (AvgIpc) is 3.20. The maximum absolute atomic E-state index is 11.7. The van der Waals surface area contributed by atoms with Gasteiger partial charge in [-0.1, -0.05) is 0 Å². The Morgan fingerprint density at radius 3 is 2.84 bits per heavy atom. The van der Waals surface area contributed by atoms with Gasteiger partial charge in [-0.2, -0.15) is 10.2 Å². The van der Waals surface area contributed by atoms with E-state index in [-0.39, 0.29) is 25.0 Å². The maximum atomic E-state index is 11.7. The summed E-state index contributed by atoms with van der Waals surface area (Å²) in [6, 6.07) is 2.82. The normalized spacial score (nSPS) is 15.6. The lowest BCUT2D eigenvalue weighted by Gasteiger charge is -2.16. The van der Waals surface area contributed by atoms with Gasteiger partial charge in [-0.3, -0.25) is 4.79 Å². The van der Waals surface area contributed by atoms with Crippen LogP contribution in [-0.4, -0.2) is 33.3 Å². The number of carboxylic acid groups (broad SMARTS) is 1. The number of nitrogens with one attached hydrogen (secondary N) is 2. The number of carboxylic acids is 1. The number of hydrogen-bond donors (Lipinski definition) is 3. The van der Waals surface area contributed by atoms with E-state index in [1.807, 2.05) is 0 Å². The Morgan fingerprint density at radius 2 is 2.26 bits per heavy atom. The van der Waals surface area contributed by atoms with E-state index in [4.69, 9.17) is 5.11 Å². The van der Waals surface area contributed by atoms with Gasteiger partial charge in [0.1, 0.15) is 0 Å². The van der Waals surface area contributed by atoms with Gasteiger partial charge < -0.3 is 15.7 Å². The molecule has 2 rings (SSSR count). The number of amides is 2. The summed E-state index contributed by atoms with van der Waals surface area (Å²) in [6.45, 7) is 0.268. The smallest absolute Gasteiger partial charge is 0.315 e. The molecule has 1 heterocycles. The fraction of sp³-hybridized carbons (Fsp3) is 0.500. The summed E-state index contributed by atoms with van der Waals surface area (Å²) in [5.74, 6) is -0.607. The largest absolute Gasteiger partial charge is 0.481 e. The van der Waals surface area contributed by atoms with E-state index in [9.17, 15) is 9.59 Å². The number of carbonyl (C=O) groups is 2. The molecule has 2 amide bonds. The minimum atomic E-state index is -0.897. The molecule has 1 aromatic rings. The molecule has 0 aromatic carbocycles. The van der Waals surface area contributed by atoms with E-state index in [2.05, 4.69) is 20.8 Å². The molecule has 7 heteroatoms. The van der Waals surface area contributed by atoms with Crippen LogP contribution in [0.15, 0.2) is 18.3 Å². The predicted octanol–water partition coefficient (Wildman–Crippen LogP) is 0.529. The first-order valence-corrected chi connectivity index (χ1v) is 6.18. The first-order valence-electron chi connectivity index (χ1n) is 6.18. The van der Waals surface area contributed by atoms with Crippen LogP contribution < -0.4 is 10.6 Å². The molecule has 0 radical (unpaired) electrons. The van der Waals surface area contributed by atoms with Gasteiger partial charge in [0.15, 0.2) is 0 Å². The standard InChI is InChI=1S/C12H16N4O3/c17-11(18)6-10(8-3-4-8)15-12(19)13-7-9-2-1-5-14-16-9/h1-2,5,8,10H,3-4,6-7H2,(H,17,18)(H2,13,15,19). The Morgan fingerprint density at radius 1 is 1.47 bits per heavy atom. The van der Waals surface area contributed by atoms with Gasteiger partial charge in [-0.25, -0.2) is 4.79 Å². The highest BCUT2D eigenvalue weighted by molar-refractivity contribution is 5.75. The first kappa shape index (κ1) is 13.3. The molecule has 1 aromatic heterocycles. The lowest BCUT2D eigenvalue weighted by Crippen LogP contribution is -2.44. The number of aromatic nitrogens is 2. The van der Waals surface area contributed by atoms with Gasteiger partial charge >= 0.3 is 12.0 Å². The molecular weight excluding hydrogens is 248 g/mol. The molecule has 0 bridgehead atoms. The monoisotopic (exact) mass is 264 g/mol. The number of hydrogen-bond acceptors (Lipinski definition) is 4. The van der Waals surface area contributed by atoms with E-state index < -0.39 is 5.97 Å². The highest BCUT2D eigenvalue weighted by Crippen LogP contribution is 2.33. The second-order valence-corrected chi connectivity index (χ2v) is 4.58. The fourth-order valence-corrected chi connectivity index (χ4v) is 1.84. The van der Waals surface area contributed by atoms with E-state index in [0.717, 1.165) is 12.8 Å². The van der Waals surface area contributed by atoms with Crippen molar-refractivity contribution >= 4 is 12.0 Å². The zero-order valence-corrected chi connectivity index (χ0v) is 10.4. The third-order valence-electron chi connectivity index (χ3n) is 2.96. The summed E-state index contributed by atoms with van der Waals surface area (Å²) >= 11 is 0. The highest BCUT2D eigenvalue weighted by Gasteiger charge is 2.33. The summed E-state index contributed by atoms with van der Waals surface area (Å²) in [5.41, 5.74) is 0.652. The van der Waals surface area contributed by atoms with Crippen LogP contribution in [0.2, 0.25) is 0 Å². The lowest BCUT2D eigenvalue weighted by molar-refractivity contribution is -0.137. The SMILES string of the molecule is O=C(O)CC(NC(=O)NCc1cccnn1)C1CC1. The van der Waals surface area contributed by atoms with Gasteiger partial charge in [0, 0.05) is 12.2 Å². The summed E-state index contributed by atoms with van der Waals surface area (Å²) in [4.78, 5) is 22.4. The summed E-state index contributed by atoms with van der Waals surface area (Å²) < 4.78 is 0. The molecule has 1 saturated carbocycles. The van der Waals surface area contributed by atoms with Crippen LogP contribution >= 0.6 is 0 Å². The quantitative estimate of drug-likeness (QED) is 0.695.